The van der Waals surface area contributed by atoms with Gasteiger partial charge in [0.1, 0.15) is 5.75 Å². The highest BCUT2D eigenvalue weighted by Gasteiger charge is 2.28. The molecule has 0 radical (unpaired) electrons. The Morgan fingerprint density at radius 2 is 1.50 bits per heavy atom. The minimum atomic E-state index is -3.66. The van der Waals surface area contributed by atoms with Crippen molar-refractivity contribution in [3.63, 3.8) is 0 Å². The summed E-state index contributed by atoms with van der Waals surface area (Å²) in [6.07, 6.45) is 0.668. The zero-order valence-corrected chi connectivity index (χ0v) is 18.3. The van der Waals surface area contributed by atoms with Crippen LogP contribution >= 0.6 is 0 Å². The second-order valence-electron chi connectivity index (χ2n) is 6.69. The van der Waals surface area contributed by atoms with E-state index in [2.05, 4.69) is 0 Å². The fraction of sp³-hybridized carbons (Fsp3) is 0.400. The van der Waals surface area contributed by atoms with Crippen molar-refractivity contribution in [1.82, 2.24) is 4.31 Å². The first-order valence-corrected chi connectivity index (χ1v) is 12.2. The summed E-state index contributed by atoms with van der Waals surface area (Å²) in [5.74, 6) is 0.0906. The predicted octanol–water partition coefficient (Wildman–Crippen LogP) is 3.71. The van der Waals surface area contributed by atoms with Crippen LogP contribution in [0.5, 0.6) is 5.75 Å². The molecule has 0 unspecified atom stereocenters. The SMILES string of the molecule is CC[C@H](C)N(Cc1ccc(OS(=O)(=O)CC)cc1)S(=O)(=O)c1ccc(C)cc1. The van der Waals surface area contributed by atoms with E-state index < -0.39 is 20.1 Å². The van der Waals surface area contributed by atoms with Gasteiger partial charge in [-0.15, -0.1) is 0 Å². The molecule has 8 heteroatoms. The molecule has 1 atom stereocenters. The van der Waals surface area contributed by atoms with Crippen LogP contribution in [0.4, 0.5) is 0 Å². The van der Waals surface area contributed by atoms with Crippen LogP contribution in [0.15, 0.2) is 53.4 Å². The van der Waals surface area contributed by atoms with E-state index in [4.69, 9.17) is 4.18 Å². The Morgan fingerprint density at radius 1 is 0.929 bits per heavy atom. The lowest BCUT2D eigenvalue weighted by Gasteiger charge is -2.28. The maximum Gasteiger partial charge on any atom is 0.308 e. The van der Waals surface area contributed by atoms with Crippen molar-refractivity contribution in [2.45, 2.75) is 51.6 Å². The van der Waals surface area contributed by atoms with Crippen molar-refractivity contribution < 1.29 is 21.0 Å². The Balaban J connectivity index is 2.28. The lowest BCUT2D eigenvalue weighted by molar-refractivity contribution is 0.323. The zero-order chi connectivity index (χ0) is 20.9. The van der Waals surface area contributed by atoms with Crippen molar-refractivity contribution in [3.05, 3.63) is 59.7 Å². The van der Waals surface area contributed by atoms with E-state index in [1.165, 1.54) is 23.4 Å². The second-order valence-corrected chi connectivity index (χ2v) is 10.4. The minimum Gasteiger partial charge on any atom is -0.382 e. The molecule has 0 aliphatic heterocycles. The minimum absolute atomic E-state index is 0.120. The van der Waals surface area contributed by atoms with Crippen LogP contribution in [0.2, 0.25) is 0 Å². The van der Waals surface area contributed by atoms with Gasteiger partial charge in [-0.1, -0.05) is 36.8 Å². The van der Waals surface area contributed by atoms with E-state index >= 15 is 0 Å². The molecule has 0 spiro atoms. The lowest BCUT2D eigenvalue weighted by atomic mass is 10.2. The van der Waals surface area contributed by atoms with Gasteiger partial charge >= 0.3 is 10.1 Å². The van der Waals surface area contributed by atoms with E-state index in [1.807, 2.05) is 20.8 Å². The molecule has 2 aromatic carbocycles. The topological polar surface area (TPSA) is 80.8 Å². The van der Waals surface area contributed by atoms with Gasteiger partial charge in [-0.2, -0.15) is 12.7 Å². The highest BCUT2D eigenvalue weighted by atomic mass is 32.2. The Hall–Kier alpha value is -1.90. The number of hydrogen-bond donors (Lipinski definition) is 0. The molecule has 154 valence electrons. The van der Waals surface area contributed by atoms with Gasteiger partial charge in [-0.25, -0.2) is 8.42 Å². The molecule has 0 bridgehead atoms. The third kappa shape index (κ3) is 5.56. The van der Waals surface area contributed by atoms with E-state index in [9.17, 15) is 16.8 Å². The van der Waals surface area contributed by atoms with Gasteiger partial charge < -0.3 is 4.18 Å². The summed E-state index contributed by atoms with van der Waals surface area (Å²) in [5, 5.41) is 0. The fourth-order valence-corrected chi connectivity index (χ4v) is 4.78. The second kappa shape index (κ2) is 9.07. The molecule has 2 aromatic rings. The third-order valence-corrected chi connectivity index (χ3v) is 7.68. The zero-order valence-electron chi connectivity index (χ0n) is 16.6. The van der Waals surface area contributed by atoms with Crippen molar-refractivity contribution in [2.24, 2.45) is 0 Å². The molecule has 0 saturated heterocycles. The number of benzene rings is 2. The monoisotopic (exact) mass is 425 g/mol. The summed E-state index contributed by atoms with van der Waals surface area (Å²) in [5.41, 5.74) is 1.74. The van der Waals surface area contributed by atoms with Crippen LogP contribution in [0.1, 0.15) is 38.3 Å². The van der Waals surface area contributed by atoms with E-state index in [0.717, 1.165) is 11.1 Å². The molecule has 0 aliphatic carbocycles. The Morgan fingerprint density at radius 3 is 2.00 bits per heavy atom. The molecule has 0 saturated carbocycles. The van der Waals surface area contributed by atoms with Crippen LogP contribution in [0, 0.1) is 6.92 Å². The maximum atomic E-state index is 13.2. The molecule has 0 heterocycles. The van der Waals surface area contributed by atoms with Gasteiger partial charge in [0.25, 0.3) is 0 Å². The quantitative estimate of drug-likeness (QED) is 0.572. The summed E-state index contributed by atoms with van der Waals surface area (Å²) in [4.78, 5) is 0.257. The molecular formula is C20H27NO5S2. The Kier molecular flexibility index (Phi) is 7.25. The number of nitrogens with zero attached hydrogens (tertiary/aromatic N) is 1. The van der Waals surface area contributed by atoms with Crippen LogP contribution in [-0.2, 0) is 26.7 Å². The summed E-state index contributed by atoms with van der Waals surface area (Å²) in [6, 6.07) is 13.0. The Labute approximate surface area is 168 Å². The van der Waals surface area contributed by atoms with Crippen LogP contribution in [-0.4, -0.2) is 32.9 Å². The molecule has 6 nitrogen and oxygen atoms in total. The highest BCUT2D eigenvalue weighted by Crippen LogP contribution is 2.24. The number of rotatable bonds is 9. The predicted molar refractivity (Wildman–Crippen MR) is 110 cm³/mol. The summed E-state index contributed by atoms with van der Waals surface area (Å²) < 4.78 is 55.9. The van der Waals surface area contributed by atoms with Crippen LogP contribution in [0.3, 0.4) is 0 Å². The molecule has 28 heavy (non-hydrogen) atoms. The fourth-order valence-electron chi connectivity index (χ4n) is 2.56. The van der Waals surface area contributed by atoms with Gasteiger partial charge in [-0.3, -0.25) is 0 Å². The standard InChI is InChI=1S/C20H27NO5S2/c1-5-17(4)21(28(24,25)20-13-7-16(3)8-14-20)15-18-9-11-19(12-10-18)26-27(22,23)6-2/h7-14,17H,5-6,15H2,1-4H3/t17-/m0/s1. The summed E-state index contributed by atoms with van der Waals surface area (Å²) >= 11 is 0. The first-order valence-electron chi connectivity index (χ1n) is 9.18. The van der Waals surface area contributed by atoms with Gasteiger partial charge in [0.15, 0.2) is 0 Å². The molecule has 2 rings (SSSR count). The van der Waals surface area contributed by atoms with Gasteiger partial charge in [-0.05, 0) is 57.0 Å². The molecule has 0 N–H and O–H groups in total. The van der Waals surface area contributed by atoms with Crippen LogP contribution < -0.4 is 4.18 Å². The summed E-state index contributed by atoms with van der Waals surface area (Å²) in [7, 11) is -7.26. The van der Waals surface area contributed by atoms with E-state index in [-0.39, 0.29) is 29.0 Å². The normalized spacial score (nSPS) is 13.5. The van der Waals surface area contributed by atoms with Crippen molar-refractivity contribution in [2.75, 3.05) is 5.75 Å². The number of hydrogen-bond acceptors (Lipinski definition) is 5. The lowest BCUT2D eigenvalue weighted by Crippen LogP contribution is -2.37. The summed E-state index contributed by atoms with van der Waals surface area (Å²) in [6.45, 7) is 7.41. The van der Waals surface area contributed by atoms with Gasteiger partial charge in [0.05, 0.1) is 10.6 Å². The molecular weight excluding hydrogens is 398 g/mol. The average Bonchev–Trinajstić information content (AvgIpc) is 2.66. The molecule has 0 aromatic heterocycles. The first-order chi connectivity index (χ1) is 13.1. The smallest absolute Gasteiger partial charge is 0.308 e. The number of sulfonamides is 1. The van der Waals surface area contributed by atoms with Gasteiger partial charge in [0, 0.05) is 12.6 Å². The maximum absolute atomic E-state index is 13.2. The molecule has 0 aliphatic rings. The largest absolute Gasteiger partial charge is 0.382 e. The van der Waals surface area contributed by atoms with Crippen molar-refractivity contribution in [3.8, 4) is 5.75 Å². The third-order valence-electron chi connectivity index (χ3n) is 4.55. The van der Waals surface area contributed by atoms with E-state index in [0.29, 0.717) is 6.42 Å². The van der Waals surface area contributed by atoms with Gasteiger partial charge in [0.2, 0.25) is 10.0 Å². The molecule has 0 fully saturated rings. The van der Waals surface area contributed by atoms with Crippen molar-refractivity contribution in [1.29, 1.82) is 0 Å². The number of aryl methyl sites for hydroxylation is 1. The highest BCUT2D eigenvalue weighted by molar-refractivity contribution is 7.89. The van der Waals surface area contributed by atoms with Crippen molar-refractivity contribution >= 4 is 20.1 Å². The Bertz CT molecular complexity index is 982. The van der Waals surface area contributed by atoms with E-state index in [1.54, 1.807) is 36.4 Å². The molecule has 0 amide bonds. The first kappa shape index (κ1) is 22.4. The average molecular weight is 426 g/mol. The van der Waals surface area contributed by atoms with Crippen LogP contribution in [0.25, 0.3) is 0 Å².